The lowest BCUT2D eigenvalue weighted by Crippen LogP contribution is -2.39. The van der Waals surface area contributed by atoms with Crippen molar-refractivity contribution >= 4 is 5.91 Å². The van der Waals surface area contributed by atoms with Crippen LogP contribution in [0.25, 0.3) is 0 Å². The van der Waals surface area contributed by atoms with Crippen LogP contribution in [0.3, 0.4) is 0 Å². The minimum absolute atomic E-state index is 0.217. The molecule has 1 rings (SSSR count). The topological polar surface area (TPSA) is 59.6 Å². The number of carbonyl (C=O) groups excluding carboxylic acids is 1. The normalized spacial score (nSPS) is 11.1. The number of alkyl halides is 3. The van der Waals surface area contributed by atoms with Gasteiger partial charge in [-0.3, -0.25) is 4.79 Å². The molecule has 2 N–H and O–H groups in total. The first-order valence-electron chi connectivity index (χ1n) is 6.11. The van der Waals surface area contributed by atoms with E-state index in [0.717, 1.165) is 5.56 Å². The maximum Gasteiger partial charge on any atom is 0.405 e. The van der Waals surface area contributed by atoms with Crippen molar-refractivity contribution in [1.29, 1.82) is 0 Å². The molecule has 1 amide bonds. The highest BCUT2D eigenvalue weighted by Crippen LogP contribution is 2.24. The number of carbonyl (C=O) groups is 1. The van der Waals surface area contributed by atoms with Crippen LogP contribution in [-0.2, 0) is 11.3 Å². The number of amides is 1. The van der Waals surface area contributed by atoms with Gasteiger partial charge < -0.3 is 20.1 Å². The van der Waals surface area contributed by atoms with Gasteiger partial charge in [0.25, 0.3) is 0 Å². The summed E-state index contributed by atoms with van der Waals surface area (Å²) in [6, 6.07) is 5.16. The van der Waals surface area contributed by atoms with Crippen molar-refractivity contribution in [3.05, 3.63) is 23.8 Å². The summed E-state index contributed by atoms with van der Waals surface area (Å²) in [5, 5.41) is 4.53. The predicted molar refractivity (Wildman–Crippen MR) is 70.3 cm³/mol. The molecule has 0 bridgehead atoms. The van der Waals surface area contributed by atoms with Crippen LogP contribution < -0.4 is 20.1 Å². The molecule has 0 aromatic heterocycles. The van der Waals surface area contributed by atoms with Crippen LogP contribution in [0.15, 0.2) is 18.2 Å². The highest BCUT2D eigenvalue weighted by atomic mass is 19.4. The molecular formula is C13H17F3N2O3. The van der Waals surface area contributed by atoms with E-state index in [1.807, 2.05) is 0 Å². The highest BCUT2D eigenvalue weighted by molar-refractivity contribution is 5.78. The van der Waals surface area contributed by atoms with E-state index in [1.165, 1.54) is 14.2 Å². The molecule has 8 heteroatoms. The van der Waals surface area contributed by atoms with Crippen molar-refractivity contribution < 1.29 is 27.4 Å². The zero-order chi connectivity index (χ0) is 15.9. The Kier molecular flexibility index (Phi) is 6.29. The second-order valence-corrected chi connectivity index (χ2v) is 4.17. The van der Waals surface area contributed by atoms with Crippen molar-refractivity contribution in [2.75, 3.05) is 27.3 Å². The molecule has 118 valence electrons. The molecular weight excluding hydrogens is 289 g/mol. The molecule has 5 nitrogen and oxygen atoms in total. The van der Waals surface area contributed by atoms with E-state index in [0.29, 0.717) is 11.5 Å². The van der Waals surface area contributed by atoms with Gasteiger partial charge in [0.05, 0.1) is 20.8 Å². The zero-order valence-corrected chi connectivity index (χ0v) is 11.7. The SMILES string of the molecule is COc1ccc(CNCC(=O)NCC(F)(F)F)c(OC)c1. The number of benzene rings is 1. The van der Waals surface area contributed by atoms with Crippen LogP contribution in [0, 0.1) is 0 Å². The van der Waals surface area contributed by atoms with E-state index in [9.17, 15) is 18.0 Å². The van der Waals surface area contributed by atoms with Crippen LogP contribution in [-0.4, -0.2) is 39.4 Å². The first-order valence-corrected chi connectivity index (χ1v) is 6.11. The molecule has 0 fully saturated rings. The summed E-state index contributed by atoms with van der Waals surface area (Å²) in [5.74, 6) is 0.468. The molecule has 1 aromatic carbocycles. The van der Waals surface area contributed by atoms with Gasteiger partial charge in [-0.1, -0.05) is 6.07 Å². The fraction of sp³-hybridized carbons (Fsp3) is 0.462. The summed E-state index contributed by atoms with van der Waals surface area (Å²) in [6.07, 6.45) is -4.41. The lowest BCUT2D eigenvalue weighted by Gasteiger charge is -2.12. The Morgan fingerprint density at radius 3 is 2.52 bits per heavy atom. The highest BCUT2D eigenvalue weighted by Gasteiger charge is 2.27. The standard InChI is InChI=1S/C13H17F3N2O3/c1-20-10-4-3-9(11(5-10)21-2)6-17-7-12(19)18-8-13(14,15)16/h3-5,17H,6-8H2,1-2H3,(H,18,19). The van der Waals surface area contributed by atoms with Crippen LogP contribution in [0.1, 0.15) is 5.56 Å². The zero-order valence-electron chi connectivity index (χ0n) is 11.7. The third-order valence-electron chi connectivity index (χ3n) is 2.58. The van der Waals surface area contributed by atoms with E-state index >= 15 is 0 Å². The summed E-state index contributed by atoms with van der Waals surface area (Å²) in [4.78, 5) is 11.2. The molecule has 0 aliphatic rings. The van der Waals surface area contributed by atoms with Crippen molar-refractivity contribution in [1.82, 2.24) is 10.6 Å². The quantitative estimate of drug-likeness (QED) is 0.801. The molecule has 0 radical (unpaired) electrons. The third kappa shape index (κ3) is 6.35. The van der Waals surface area contributed by atoms with E-state index in [4.69, 9.17) is 9.47 Å². The number of hydrogen-bond donors (Lipinski definition) is 2. The van der Waals surface area contributed by atoms with Crippen LogP contribution in [0.5, 0.6) is 11.5 Å². The fourth-order valence-corrected chi connectivity index (χ4v) is 1.57. The Balaban J connectivity index is 2.43. The number of nitrogens with one attached hydrogen (secondary N) is 2. The predicted octanol–water partition coefficient (Wildman–Crippen LogP) is 1.47. The Morgan fingerprint density at radius 2 is 1.95 bits per heavy atom. The van der Waals surface area contributed by atoms with Crippen molar-refractivity contribution in [2.45, 2.75) is 12.7 Å². The molecule has 21 heavy (non-hydrogen) atoms. The van der Waals surface area contributed by atoms with Crippen LogP contribution in [0.2, 0.25) is 0 Å². The van der Waals surface area contributed by atoms with Crippen molar-refractivity contribution in [3.8, 4) is 11.5 Å². The smallest absolute Gasteiger partial charge is 0.405 e. The Bertz CT molecular complexity index is 478. The summed E-state index contributed by atoms with van der Waals surface area (Å²) >= 11 is 0. The Morgan fingerprint density at radius 1 is 1.24 bits per heavy atom. The van der Waals surface area contributed by atoms with Crippen molar-refractivity contribution in [2.24, 2.45) is 0 Å². The minimum atomic E-state index is -4.41. The number of rotatable bonds is 7. The second kappa shape index (κ2) is 7.72. The summed E-state index contributed by atoms with van der Waals surface area (Å²) in [6.45, 7) is -1.27. The summed E-state index contributed by atoms with van der Waals surface area (Å²) in [5.41, 5.74) is 0.766. The molecule has 0 aliphatic heterocycles. The number of ether oxygens (including phenoxy) is 2. The molecule has 0 heterocycles. The van der Waals surface area contributed by atoms with Crippen LogP contribution in [0.4, 0.5) is 13.2 Å². The van der Waals surface area contributed by atoms with Gasteiger partial charge in [0.2, 0.25) is 5.91 Å². The van der Waals surface area contributed by atoms with Gasteiger partial charge in [0.15, 0.2) is 0 Å². The fourth-order valence-electron chi connectivity index (χ4n) is 1.57. The average molecular weight is 306 g/mol. The monoisotopic (exact) mass is 306 g/mol. The molecule has 0 spiro atoms. The molecule has 0 saturated heterocycles. The molecule has 0 atom stereocenters. The van der Waals surface area contributed by atoms with Gasteiger partial charge in [-0.15, -0.1) is 0 Å². The second-order valence-electron chi connectivity index (χ2n) is 4.17. The first kappa shape index (κ1) is 17.1. The maximum absolute atomic E-state index is 11.9. The molecule has 0 saturated carbocycles. The average Bonchev–Trinajstić information content (AvgIpc) is 2.44. The number of halogens is 3. The largest absolute Gasteiger partial charge is 0.497 e. The number of methoxy groups -OCH3 is 2. The van der Waals surface area contributed by atoms with E-state index in [-0.39, 0.29) is 13.1 Å². The first-order chi connectivity index (χ1) is 9.85. The lowest BCUT2D eigenvalue weighted by molar-refractivity contribution is -0.137. The lowest BCUT2D eigenvalue weighted by atomic mass is 10.2. The maximum atomic E-state index is 11.9. The molecule has 0 aliphatic carbocycles. The van der Waals surface area contributed by atoms with Crippen LogP contribution >= 0.6 is 0 Å². The van der Waals surface area contributed by atoms with Gasteiger partial charge >= 0.3 is 6.18 Å². The van der Waals surface area contributed by atoms with E-state index in [2.05, 4.69) is 5.32 Å². The van der Waals surface area contributed by atoms with Gasteiger partial charge in [0, 0.05) is 18.2 Å². The molecule has 1 aromatic rings. The third-order valence-corrected chi connectivity index (χ3v) is 2.58. The summed E-state index contributed by atoms with van der Waals surface area (Å²) in [7, 11) is 3.02. The van der Waals surface area contributed by atoms with Crippen molar-refractivity contribution in [3.63, 3.8) is 0 Å². The van der Waals surface area contributed by atoms with E-state index < -0.39 is 18.6 Å². The van der Waals surface area contributed by atoms with Gasteiger partial charge in [-0.05, 0) is 6.07 Å². The van der Waals surface area contributed by atoms with E-state index in [1.54, 1.807) is 23.5 Å². The number of hydrogen-bond acceptors (Lipinski definition) is 4. The Hall–Kier alpha value is -1.96. The minimum Gasteiger partial charge on any atom is -0.497 e. The van der Waals surface area contributed by atoms with Gasteiger partial charge in [-0.25, -0.2) is 0 Å². The summed E-state index contributed by atoms with van der Waals surface area (Å²) < 4.78 is 45.9. The Labute approximate surface area is 120 Å². The molecule has 0 unspecified atom stereocenters. The van der Waals surface area contributed by atoms with Gasteiger partial charge in [0.1, 0.15) is 18.0 Å². The van der Waals surface area contributed by atoms with Gasteiger partial charge in [-0.2, -0.15) is 13.2 Å².